The van der Waals surface area contributed by atoms with E-state index in [2.05, 4.69) is 37.2 Å². The number of nitrogens with one attached hydrogen (secondary N) is 1. The normalized spacial score (nSPS) is 14.4. The van der Waals surface area contributed by atoms with E-state index in [1.165, 1.54) is 0 Å². The Morgan fingerprint density at radius 2 is 1.91 bits per heavy atom. The number of nitrogens with zero attached hydrogens (tertiary/aromatic N) is 6. The summed E-state index contributed by atoms with van der Waals surface area (Å²) in [7, 11) is 1.68. The van der Waals surface area contributed by atoms with Crippen molar-refractivity contribution in [2.24, 2.45) is 0 Å². The van der Waals surface area contributed by atoms with Crippen LogP contribution in [-0.2, 0) is 0 Å². The molecule has 0 radical (unpaired) electrons. The lowest BCUT2D eigenvalue weighted by Gasteiger charge is -2.36. The molecule has 1 aliphatic heterocycles. The van der Waals surface area contributed by atoms with Gasteiger partial charge in [0.25, 0.3) is 0 Å². The van der Waals surface area contributed by atoms with E-state index in [0.29, 0.717) is 5.95 Å². The molecule has 0 atom stereocenters. The Morgan fingerprint density at radius 1 is 1.06 bits per heavy atom. The summed E-state index contributed by atoms with van der Waals surface area (Å²) >= 11 is 0. The average molecular weight is 474 g/mol. The Labute approximate surface area is 205 Å². The lowest BCUT2D eigenvalue weighted by molar-refractivity contribution is 0.216. The number of fused-ring (bicyclic) bond motifs is 1. The highest BCUT2D eigenvalue weighted by molar-refractivity contribution is 5.70. The van der Waals surface area contributed by atoms with Crippen LogP contribution in [-0.4, -0.2) is 75.8 Å². The third-order valence-corrected chi connectivity index (χ3v) is 6.43. The van der Waals surface area contributed by atoms with Crippen molar-refractivity contribution in [1.29, 1.82) is 0 Å². The maximum absolute atomic E-state index is 9.07. The number of piperazine rings is 1. The van der Waals surface area contributed by atoms with Gasteiger partial charge in [0, 0.05) is 63.5 Å². The van der Waals surface area contributed by atoms with E-state index >= 15 is 0 Å². The molecule has 182 valence electrons. The van der Waals surface area contributed by atoms with Crippen molar-refractivity contribution in [2.45, 2.75) is 13.3 Å². The molecule has 0 bridgehead atoms. The molecule has 0 unspecified atom stereocenters. The quantitative estimate of drug-likeness (QED) is 0.403. The standard InChI is InChI=1S/C26H31N7O2/c1-19-17-28-26(30-25(19)22-18-27-24-6-3-4-10-33(22)24)29-21-8-7-20(16-23(21)35-2)32-13-11-31(12-14-32)9-5-15-34/h3-4,6-8,10,16-18,34H,5,9,11-15H2,1-2H3,(H,28,29,30). The van der Waals surface area contributed by atoms with Crippen LogP contribution in [0.2, 0.25) is 0 Å². The van der Waals surface area contributed by atoms with E-state index < -0.39 is 0 Å². The number of ether oxygens (including phenoxy) is 1. The molecule has 1 aromatic carbocycles. The number of aryl methyl sites for hydroxylation is 1. The van der Waals surface area contributed by atoms with Crippen molar-refractivity contribution >= 4 is 23.0 Å². The lowest BCUT2D eigenvalue weighted by Crippen LogP contribution is -2.46. The van der Waals surface area contributed by atoms with Gasteiger partial charge in [-0.15, -0.1) is 0 Å². The summed E-state index contributed by atoms with van der Waals surface area (Å²) in [6.07, 6.45) is 6.48. The largest absolute Gasteiger partial charge is 0.494 e. The van der Waals surface area contributed by atoms with Gasteiger partial charge in [-0.2, -0.15) is 0 Å². The average Bonchev–Trinajstić information content (AvgIpc) is 3.33. The van der Waals surface area contributed by atoms with Crippen molar-refractivity contribution in [1.82, 2.24) is 24.3 Å². The highest BCUT2D eigenvalue weighted by atomic mass is 16.5. The molecule has 4 aromatic rings. The summed E-state index contributed by atoms with van der Waals surface area (Å²) in [5.74, 6) is 1.24. The Morgan fingerprint density at radius 3 is 2.71 bits per heavy atom. The molecule has 1 fully saturated rings. The molecule has 1 aliphatic rings. The number of hydrogen-bond donors (Lipinski definition) is 2. The van der Waals surface area contributed by atoms with Crippen LogP contribution in [0.4, 0.5) is 17.3 Å². The molecule has 0 aliphatic carbocycles. The Bertz CT molecular complexity index is 1300. The van der Waals surface area contributed by atoms with Gasteiger partial charge < -0.3 is 20.1 Å². The number of aliphatic hydroxyl groups excluding tert-OH is 1. The summed E-state index contributed by atoms with van der Waals surface area (Å²) in [5.41, 5.74) is 5.54. The van der Waals surface area contributed by atoms with Crippen LogP contribution < -0.4 is 15.0 Å². The zero-order valence-corrected chi connectivity index (χ0v) is 20.2. The smallest absolute Gasteiger partial charge is 0.227 e. The second-order valence-corrected chi connectivity index (χ2v) is 8.71. The van der Waals surface area contributed by atoms with E-state index in [0.717, 1.165) is 78.9 Å². The summed E-state index contributed by atoms with van der Waals surface area (Å²) in [6, 6.07) is 12.1. The highest BCUT2D eigenvalue weighted by Gasteiger charge is 2.19. The molecule has 1 saturated heterocycles. The highest BCUT2D eigenvalue weighted by Crippen LogP contribution is 2.32. The minimum atomic E-state index is 0.247. The van der Waals surface area contributed by atoms with Gasteiger partial charge in [-0.05, 0) is 43.2 Å². The molecule has 35 heavy (non-hydrogen) atoms. The van der Waals surface area contributed by atoms with Crippen molar-refractivity contribution < 1.29 is 9.84 Å². The van der Waals surface area contributed by atoms with Gasteiger partial charge in [-0.1, -0.05) is 6.07 Å². The fourth-order valence-corrected chi connectivity index (χ4v) is 4.49. The minimum absolute atomic E-state index is 0.247. The fourth-order valence-electron chi connectivity index (χ4n) is 4.49. The van der Waals surface area contributed by atoms with E-state index in [1.54, 1.807) is 7.11 Å². The number of aromatic nitrogens is 4. The maximum Gasteiger partial charge on any atom is 0.227 e. The molecule has 3 aromatic heterocycles. The summed E-state index contributed by atoms with van der Waals surface area (Å²) in [6.45, 7) is 7.08. The second kappa shape index (κ2) is 10.3. The van der Waals surface area contributed by atoms with Crippen LogP contribution in [0.25, 0.3) is 17.0 Å². The number of hydrogen-bond acceptors (Lipinski definition) is 8. The van der Waals surface area contributed by atoms with Crippen molar-refractivity contribution in [3.05, 3.63) is 60.6 Å². The second-order valence-electron chi connectivity index (χ2n) is 8.71. The van der Waals surface area contributed by atoms with Crippen LogP contribution in [0.1, 0.15) is 12.0 Å². The molecule has 4 heterocycles. The van der Waals surface area contributed by atoms with Gasteiger partial charge >= 0.3 is 0 Å². The van der Waals surface area contributed by atoms with E-state index in [4.69, 9.17) is 14.8 Å². The number of aliphatic hydroxyl groups is 1. The molecule has 0 amide bonds. The first-order chi connectivity index (χ1) is 17.2. The van der Waals surface area contributed by atoms with Crippen molar-refractivity contribution in [3.63, 3.8) is 0 Å². The van der Waals surface area contributed by atoms with Gasteiger partial charge in [-0.25, -0.2) is 15.0 Å². The monoisotopic (exact) mass is 473 g/mol. The Balaban J connectivity index is 1.35. The van der Waals surface area contributed by atoms with Crippen molar-refractivity contribution in [3.8, 4) is 17.1 Å². The zero-order chi connectivity index (χ0) is 24.2. The first-order valence-electron chi connectivity index (χ1n) is 12.0. The summed E-state index contributed by atoms with van der Waals surface area (Å²) in [5, 5.41) is 12.4. The first kappa shape index (κ1) is 23.1. The molecular formula is C26H31N7O2. The number of anilines is 3. The molecule has 9 heteroatoms. The maximum atomic E-state index is 9.07. The SMILES string of the molecule is COc1cc(N2CCN(CCCO)CC2)ccc1Nc1ncc(C)c(-c2cnc3ccccn23)n1. The minimum Gasteiger partial charge on any atom is -0.494 e. The third kappa shape index (κ3) is 4.91. The number of methoxy groups -OCH3 is 1. The first-order valence-corrected chi connectivity index (χ1v) is 12.0. The van der Waals surface area contributed by atoms with Crippen molar-refractivity contribution in [2.75, 3.05) is 56.7 Å². The van der Waals surface area contributed by atoms with E-state index in [-0.39, 0.29) is 6.61 Å². The molecule has 9 nitrogen and oxygen atoms in total. The number of pyridine rings is 1. The van der Waals surface area contributed by atoms with Crippen LogP contribution in [0.15, 0.2) is 55.0 Å². The third-order valence-electron chi connectivity index (χ3n) is 6.43. The van der Waals surface area contributed by atoms with Crippen LogP contribution in [0, 0.1) is 6.92 Å². The number of imidazole rings is 1. The summed E-state index contributed by atoms with van der Waals surface area (Å²) in [4.78, 5) is 18.6. The Kier molecular flexibility index (Phi) is 6.78. The molecule has 0 saturated carbocycles. The molecular weight excluding hydrogens is 442 g/mol. The Hall–Kier alpha value is -3.69. The van der Waals surface area contributed by atoms with E-state index in [1.807, 2.05) is 54.2 Å². The van der Waals surface area contributed by atoms with Crippen LogP contribution in [0.3, 0.4) is 0 Å². The van der Waals surface area contributed by atoms with Gasteiger partial charge in [0.15, 0.2) is 0 Å². The predicted molar refractivity (Wildman–Crippen MR) is 138 cm³/mol. The van der Waals surface area contributed by atoms with Crippen LogP contribution in [0.5, 0.6) is 5.75 Å². The van der Waals surface area contributed by atoms with Crippen LogP contribution >= 0.6 is 0 Å². The molecule has 2 N–H and O–H groups in total. The van der Waals surface area contributed by atoms with Gasteiger partial charge in [-0.3, -0.25) is 9.30 Å². The van der Waals surface area contributed by atoms with E-state index in [9.17, 15) is 0 Å². The summed E-state index contributed by atoms with van der Waals surface area (Å²) < 4.78 is 7.74. The topological polar surface area (TPSA) is 91.0 Å². The lowest BCUT2D eigenvalue weighted by atomic mass is 10.2. The molecule has 0 spiro atoms. The number of rotatable bonds is 8. The van der Waals surface area contributed by atoms with Gasteiger partial charge in [0.1, 0.15) is 11.4 Å². The number of benzene rings is 1. The van der Waals surface area contributed by atoms with Gasteiger partial charge in [0.05, 0.1) is 30.4 Å². The fraction of sp³-hybridized carbons (Fsp3) is 0.346. The molecule has 5 rings (SSSR count). The van der Waals surface area contributed by atoms with Gasteiger partial charge in [0.2, 0.25) is 5.95 Å². The predicted octanol–water partition coefficient (Wildman–Crippen LogP) is 3.36. The zero-order valence-electron chi connectivity index (χ0n) is 20.2.